The van der Waals surface area contributed by atoms with Gasteiger partial charge in [-0.3, -0.25) is 4.79 Å². The van der Waals surface area contributed by atoms with Crippen molar-refractivity contribution in [2.24, 2.45) is 0 Å². The second-order valence-corrected chi connectivity index (χ2v) is 5.33. The lowest BCUT2D eigenvalue weighted by molar-refractivity contribution is -0.125. The Morgan fingerprint density at radius 2 is 2.50 bits per heavy atom. The molecule has 1 aliphatic heterocycles. The first-order valence-corrected chi connectivity index (χ1v) is 6.18. The van der Waals surface area contributed by atoms with Gasteiger partial charge in [0.25, 0.3) is 0 Å². The van der Waals surface area contributed by atoms with E-state index in [1.165, 1.54) is 0 Å². The molecule has 1 atom stereocenters. The number of hydrogen-bond donors (Lipinski definition) is 1. The molecule has 0 aromatic carbocycles. The highest BCUT2D eigenvalue weighted by molar-refractivity contribution is 7.10. The molecular formula is C12H15NO2S. The molecule has 3 nitrogen and oxygen atoms in total. The number of rotatable bonds is 2. The summed E-state index contributed by atoms with van der Waals surface area (Å²) in [4.78, 5) is 14.5. The molecule has 1 N–H and O–H groups in total. The van der Waals surface area contributed by atoms with Crippen LogP contribution in [-0.2, 0) is 4.79 Å². The van der Waals surface area contributed by atoms with Crippen molar-refractivity contribution in [3.05, 3.63) is 28.5 Å². The Labute approximate surface area is 99.0 Å². The van der Waals surface area contributed by atoms with Gasteiger partial charge in [0.2, 0.25) is 5.91 Å². The van der Waals surface area contributed by atoms with Crippen molar-refractivity contribution < 1.29 is 9.90 Å². The van der Waals surface area contributed by atoms with E-state index in [2.05, 4.69) is 0 Å². The van der Waals surface area contributed by atoms with Crippen LogP contribution in [0.2, 0.25) is 0 Å². The van der Waals surface area contributed by atoms with E-state index in [-0.39, 0.29) is 5.91 Å². The van der Waals surface area contributed by atoms with E-state index < -0.39 is 5.60 Å². The second-order valence-electron chi connectivity index (χ2n) is 4.36. The zero-order valence-electron chi connectivity index (χ0n) is 9.22. The fourth-order valence-corrected chi connectivity index (χ4v) is 2.40. The lowest BCUT2D eigenvalue weighted by Crippen LogP contribution is -2.32. The molecule has 1 unspecified atom stereocenters. The smallest absolute Gasteiger partial charge is 0.246 e. The average Bonchev–Trinajstić information content (AvgIpc) is 2.83. The number of carbonyl (C=O) groups excluding carboxylic acids is 1. The molecule has 0 radical (unpaired) electrons. The van der Waals surface area contributed by atoms with Crippen LogP contribution in [0.15, 0.2) is 23.6 Å². The van der Waals surface area contributed by atoms with Crippen LogP contribution in [0.5, 0.6) is 0 Å². The summed E-state index contributed by atoms with van der Waals surface area (Å²) in [5.41, 5.74) is -0.716. The SMILES string of the molecule is CC1(O)CCN(C(=O)/C=C/c2cccs2)C1. The molecule has 0 bridgehead atoms. The highest BCUT2D eigenvalue weighted by Gasteiger charge is 2.32. The lowest BCUT2D eigenvalue weighted by atomic mass is 10.1. The maximum absolute atomic E-state index is 11.8. The maximum atomic E-state index is 11.8. The van der Waals surface area contributed by atoms with Crippen LogP contribution in [0.1, 0.15) is 18.2 Å². The number of hydrogen-bond acceptors (Lipinski definition) is 3. The van der Waals surface area contributed by atoms with Crippen LogP contribution in [0, 0.1) is 0 Å². The number of likely N-dealkylation sites (tertiary alicyclic amines) is 1. The van der Waals surface area contributed by atoms with Crippen LogP contribution < -0.4 is 0 Å². The van der Waals surface area contributed by atoms with E-state index in [9.17, 15) is 9.90 Å². The summed E-state index contributed by atoms with van der Waals surface area (Å²) in [7, 11) is 0. The summed E-state index contributed by atoms with van der Waals surface area (Å²) in [6, 6.07) is 3.92. The average molecular weight is 237 g/mol. The van der Waals surface area contributed by atoms with Crippen LogP contribution in [0.4, 0.5) is 0 Å². The normalized spacial score (nSPS) is 25.5. The minimum Gasteiger partial charge on any atom is -0.388 e. The van der Waals surface area contributed by atoms with E-state index >= 15 is 0 Å². The lowest BCUT2D eigenvalue weighted by Gasteiger charge is -2.17. The highest BCUT2D eigenvalue weighted by Crippen LogP contribution is 2.20. The zero-order chi connectivity index (χ0) is 11.6. The first-order valence-electron chi connectivity index (χ1n) is 5.30. The fourth-order valence-electron chi connectivity index (χ4n) is 1.78. The third kappa shape index (κ3) is 2.71. The van der Waals surface area contributed by atoms with E-state index in [0.29, 0.717) is 19.5 Å². The summed E-state index contributed by atoms with van der Waals surface area (Å²) < 4.78 is 0. The summed E-state index contributed by atoms with van der Waals surface area (Å²) >= 11 is 1.60. The Morgan fingerprint density at radius 3 is 3.06 bits per heavy atom. The third-order valence-corrected chi connectivity index (χ3v) is 3.53. The summed E-state index contributed by atoms with van der Waals surface area (Å²) in [6.07, 6.45) is 4.05. The fraction of sp³-hybridized carbons (Fsp3) is 0.417. The number of aliphatic hydroxyl groups is 1. The molecule has 1 aromatic rings. The zero-order valence-corrected chi connectivity index (χ0v) is 10.0. The third-order valence-electron chi connectivity index (χ3n) is 2.70. The summed E-state index contributed by atoms with van der Waals surface area (Å²) in [5.74, 6) is -0.0221. The first-order chi connectivity index (χ1) is 7.57. The molecule has 1 amide bonds. The molecule has 1 aromatic heterocycles. The second kappa shape index (κ2) is 4.39. The van der Waals surface area contributed by atoms with Crippen molar-refractivity contribution in [1.82, 2.24) is 4.90 Å². The predicted molar refractivity (Wildman–Crippen MR) is 65.2 cm³/mol. The highest BCUT2D eigenvalue weighted by atomic mass is 32.1. The quantitative estimate of drug-likeness (QED) is 0.796. The number of amides is 1. The van der Waals surface area contributed by atoms with E-state index in [0.717, 1.165) is 4.88 Å². The summed E-state index contributed by atoms with van der Waals surface area (Å²) in [5, 5.41) is 11.7. The van der Waals surface area contributed by atoms with Crippen molar-refractivity contribution in [3.63, 3.8) is 0 Å². The molecule has 2 heterocycles. The minimum absolute atomic E-state index is 0.0221. The topological polar surface area (TPSA) is 40.5 Å². The van der Waals surface area contributed by atoms with Gasteiger partial charge < -0.3 is 10.0 Å². The maximum Gasteiger partial charge on any atom is 0.246 e. The van der Waals surface area contributed by atoms with Crippen molar-refractivity contribution in [3.8, 4) is 0 Å². The summed E-state index contributed by atoms with van der Waals surface area (Å²) in [6.45, 7) is 2.84. The van der Waals surface area contributed by atoms with Gasteiger partial charge in [-0.1, -0.05) is 6.07 Å². The van der Waals surface area contributed by atoms with Crippen LogP contribution in [0.3, 0.4) is 0 Å². The monoisotopic (exact) mass is 237 g/mol. The predicted octanol–water partition coefficient (Wildman–Crippen LogP) is 1.74. The number of thiophene rings is 1. The van der Waals surface area contributed by atoms with Crippen LogP contribution >= 0.6 is 11.3 Å². The van der Waals surface area contributed by atoms with Crippen LogP contribution in [0.25, 0.3) is 6.08 Å². The molecular weight excluding hydrogens is 222 g/mol. The molecule has 1 saturated heterocycles. The molecule has 0 spiro atoms. The van der Waals surface area contributed by atoms with Gasteiger partial charge >= 0.3 is 0 Å². The van der Waals surface area contributed by atoms with E-state index in [1.807, 2.05) is 23.6 Å². The van der Waals surface area contributed by atoms with Gasteiger partial charge in [0.05, 0.1) is 5.60 Å². The Bertz CT molecular complexity index is 395. The van der Waals surface area contributed by atoms with Gasteiger partial charge in [-0.2, -0.15) is 0 Å². The standard InChI is InChI=1S/C12H15NO2S/c1-12(15)6-7-13(9-12)11(14)5-4-10-3-2-8-16-10/h2-5,8,15H,6-7,9H2,1H3/b5-4+. The molecule has 16 heavy (non-hydrogen) atoms. The molecule has 0 aliphatic carbocycles. The molecule has 86 valence electrons. The van der Waals surface area contributed by atoms with E-state index in [1.54, 1.807) is 29.2 Å². The van der Waals surface area contributed by atoms with Gasteiger partial charge in [-0.15, -0.1) is 11.3 Å². The molecule has 1 aliphatic rings. The Kier molecular flexibility index (Phi) is 3.12. The van der Waals surface area contributed by atoms with Crippen molar-refractivity contribution in [1.29, 1.82) is 0 Å². The number of β-amino-alcohol motifs (C(OH)–C–C–N with tert-alkyl or cyclic N) is 1. The Hall–Kier alpha value is -1.13. The molecule has 2 rings (SSSR count). The van der Waals surface area contributed by atoms with Gasteiger partial charge in [0, 0.05) is 24.0 Å². The van der Waals surface area contributed by atoms with Crippen molar-refractivity contribution in [2.45, 2.75) is 18.9 Å². The van der Waals surface area contributed by atoms with Gasteiger partial charge in [-0.25, -0.2) is 0 Å². The Morgan fingerprint density at radius 1 is 1.69 bits per heavy atom. The Balaban J connectivity index is 1.94. The molecule has 1 fully saturated rings. The first kappa shape index (κ1) is 11.4. The minimum atomic E-state index is -0.716. The molecule has 4 heteroatoms. The largest absolute Gasteiger partial charge is 0.388 e. The van der Waals surface area contributed by atoms with Gasteiger partial charge in [0.1, 0.15) is 0 Å². The van der Waals surface area contributed by atoms with Gasteiger partial charge in [0.15, 0.2) is 0 Å². The van der Waals surface area contributed by atoms with Crippen molar-refractivity contribution in [2.75, 3.05) is 13.1 Å². The number of nitrogens with zero attached hydrogens (tertiary/aromatic N) is 1. The van der Waals surface area contributed by atoms with Gasteiger partial charge in [-0.05, 0) is 30.9 Å². The van der Waals surface area contributed by atoms with E-state index in [4.69, 9.17) is 0 Å². The van der Waals surface area contributed by atoms with Crippen LogP contribution in [-0.4, -0.2) is 34.6 Å². The number of carbonyl (C=O) groups is 1. The van der Waals surface area contributed by atoms with Crippen molar-refractivity contribution >= 4 is 23.3 Å². The molecule has 0 saturated carbocycles.